The normalized spacial score (nSPS) is 16.5. The van der Waals surface area contributed by atoms with Gasteiger partial charge >= 0.3 is 12.3 Å². The van der Waals surface area contributed by atoms with Crippen LogP contribution < -0.4 is 5.43 Å². The Kier molecular flexibility index (Phi) is 3.87. The lowest BCUT2D eigenvalue weighted by atomic mass is 10.2. The number of amides is 1. The van der Waals surface area contributed by atoms with E-state index in [-0.39, 0.29) is 19.6 Å². The van der Waals surface area contributed by atoms with E-state index in [1.54, 1.807) is 20.8 Å². The van der Waals surface area contributed by atoms with Gasteiger partial charge in [0.15, 0.2) is 0 Å². The number of ether oxygens (including phenoxy) is 1. The first-order valence-electron chi connectivity index (χ1n) is 6.42. The first kappa shape index (κ1) is 15.6. The highest BCUT2D eigenvalue weighted by molar-refractivity contribution is 5.67. The molecule has 0 aromatic carbocycles. The van der Waals surface area contributed by atoms with Crippen molar-refractivity contribution in [2.45, 2.75) is 45.6 Å². The van der Waals surface area contributed by atoms with E-state index in [9.17, 15) is 18.0 Å². The monoisotopic (exact) mass is 306 g/mol. The van der Waals surface area contributed by atoms with Gasteiger partial charge < -0.3 is 9.30 Å². The maximum Gasteiger partial charge on any atom is 0.449 e. The van der Waals surface area contributed by atoms with Crippen LogP contribution >= 0.6 is 0 Å². The summed E-state index contributed by atoms with van der Waals surface area (Å²) in [7, 11) is 0. The van der Waals surface area contributed by atoms with Gasteiger partial charge in [-0.05, 0) is 20.8 Å². The van der Waals surface area contributed by atoms with Gasteiger partial charge in [0, 0.05) is 13.1 Å². The number of alkyl halides is 3. The Morgan fingerprint density at radius 3 is 2.57 bits per heavy atom. The Bertz CT molecular complexity index is 534. The zero-order chi connectivity index (χ0) is 15.8. The molecule has 0 aliphatic carbocycles. The van der Waals surface area contributed by atoms with Crippen molar-refractivity contribution in [1.82, 2.24) is 20.0 Å². The third-order valence-corrected chi connectivity index (χ3v) is 2.79. The van der Waals surface area contributed by atoms with Gasteiger partial charge in [0.2, 0.25) is 5.82 Å². The molecule has 0 saturated heterocycles. The van der Waals surface area contributed by atoms with Crippen LogP contribution in [-0.2, 0) is 24.0 Å². The molecule has 1 aromatic heterocycles. The Morgan fingerprint density at radius 2 is 2.00 bits per heavy atom. The van der Waals surface area contributed by atoms with Crippen molar-refractivity contribution in [3.8, 4) is 0 Å². The third kappa shape index (κ3) is 3.87. The summed E-state index contributed by atoms with van der Waals surface area (Å²) in [5, 5.41) is 1.51. The van der Waals surface area contributed by atoms with Crippen molar-refractivity contribution in [3.63, 3.8) is 0 Å². The Morgan fingerprint density at radius 1 is 1.33 bits per heavy atom. The number of carbonyl (C=O) groups excluding carboxylic acids is 1. The zero-order valence-electron chi connectivity index (χ0n) is 12.0. The fourth-order valence-electron chi connectivity index (χ4n) is 2.03. The number of nitrogens with one attached hydrogen (secondary N) is 1. The molecule has 1 aromatic rings. The lowest BCUT2D eigenvalue weighted by Crippen LogP contribution is -2.48. The first-order chi connectivity index (χ1) is 9.56. The lowest BCUT2D eigenvalue weighted by molar-refractivity contribution is -0.147. The predicted molar refractivity (Wildman–Crippen MR) is 67.0 cm³/mol. The number of halogens is 3. The molecule has 21 heavy (non-hydrogen) atoms. The molecule has 0 saturated carbocycles. The van der Waals surface area contributed by atoms with Crippen LogP contribution in [-0.4, -0.2) is 32.8 Å². The van der Waals surface area contributed by atoms with Crippen molar-refractivity contribution >= 4 is 6.09 Å². The minimum absolute atomic E-state index is 0.0972. The van der Waals surface area contributed by atoms with Crippen LogP contribution in [0.25, 0.3) is 0 Å². The molecule has 0 radical (unpaired) electrons. The molecule has 2 heterocycles. The van der Waals surface area contributed by atoms with E-state index in [0.29, 0.717) is 5.69 Å². The number of hydrogen-bond acceptors (Lipinski definition) is 4. The number of rotatable bonds is 1. The Labute approximate surface area is 119 Å². The number of hydrazine groups is 1. The molecule has 1 aliphatic rings. The van der Waals surface area contributed by atoms with Crippen LogP contribution in [0.1, 0.15) is 32.3 Å². The SMILES string of the molecule is CC(C)(C)OC(=O)NN1CCn2c(cnc2C(F)(F)F)C1. The van der Waals surface area contributed by atoms with Crippen LogP contribution in [0.15, 0.2) is 6.20 Å². The van der Waals surface area contributed by atoms with E-state index < -0.39 is 23.7 Å². The summed E-state index contributed by atoms with van der Waals surface area (Å²) in [5.41, 5.74) is 2.27. The van der Waals surface area contributed by atoms with Gasteiger partial charge in [0.1, 0.15) is 5.60 Å². The molecule has 1 N–H and O–H groups in total. The molecule has 118 valence electrons. The highest BCUT2D eigenvalue weighted by Crippen LogP contribution is 2.30. The molecular formula is C12H17F3N4O2. The van der Waals surface area contributed by atoms with Crippen LogP contribution in [0.2, 0.25) is 0 Å². The summed E-state index contributed by atoms with van der Waals surface area (Å²) in [5.74, 6) is -0.908. The van der Waals surface area contributed by atoms with Crippen LogP contribution in [0.5, 0.6) is 0 Å². The number of fused-ring (bicyclic) bond motifs is 1. The molecule has 6 nitrogen and oxygen atoms in total. The van der Waals surface area contributed by atoms with E-state index in [1.165, 1.54) is 11.2 Å². The van der Waals surface area contributed by atoms with E-state index in [2.05, 4.69) is 10.4 Å². The van der Waals surface area contributed by atoms with Gasteiger partial charge in [0.25, 0.3) is 0 Å². The molecule has 1 amide bonds. The van der Waals surface area contributed by atoms with Crippen molar-refractivity contribution in [2.24, 2.45) is 0 Å². The molecule has 0 fully saturated rings. The number of nitrogens with zero attached hydrogens (tertiary/aromatic N) is 3. The van der Waals surface area contributed by atoms with Crippen LogP contribution in [0.4, 0.5) is 18.0 Å². The van der Waals surface area contributed by atoms with E-state index in [1.807, 2.05) is 0 Å². The van der Waals surface area contributed by atoms with Crippen molar-refractivity contribution in [1.29, 1.82) is 0 Å². The summed E-state index contributed by atoms with van der Waals surface area (Å²) in [6.45, 7) is 5.67. The van der Waals surface area contributed by atoms with Gasteiger partial charge in [-0.2, -0.15) is 13.2 Å². The molecule has 0 spiro atoms. The molecule has 9 heteroatoms. The molecule has 0 unspecified atom stereocenters. The second-order valence-corrected chi connectivity index (χ2v) is 5.76. The molecule has 1 aliphatic heterocycles. The fourth-order valence-corrected chi connectivity index (χ4v) is 2.03. The van der Waals surface area contributed by atoms with Crippen molar-refractivity contribution in [3.05, 3.63) is 17.7 Å². The second-order valence-electron chi connectivity index (χ2n) is 5.76. The second kappa shape index (κ2) is 5.21. The summed E-state index contributed by atoms with van der Waals surface area (Å²) >= 11 is 0. The highest BCUT2D eigenvalue weighted by Gasteiger charge is 2.38. The minimum Gasteiger partial charge on any atom is -0.443 e. The molecule has 2 rings (SSSR count). The number of aromatic nitrogens is 2. The number of carbonyl (C=O) groups is 1. The molecule has 0 bridgehead atoms. The van der Waals surface area contributed by atoms with Gasteiger partial charge in [-0.1, -0.05) is 0 Å². The average molecular weight is 306 g/mol. The Hall–Kier alpha value is -1.77. The van der Waals surface area contributed by atoms with Crippen LogP contribution in [0, 0.1) is 0 Å². The van der Waals surface area contributed by atoms with Gasteiger partial charge in [-0.15, -0.1) is 0 Å². The van der Waals surface area contributed by atoms with Gasteiger partial charge in [-0.25, -0.2) is 14.8 Å². The Balaban J connectivity index is 2.01. The van der Waals surface area contributed by atoms with Crippen molar-refractivity contribution in [2.75, 3.05) is 6.54 Å². The quantitative estimate of drug-likeness (QED) is 0.864. The largest absolute Gasteiger partial charge is 0.449 e. The summed E-state index contributed by atoms with van der Waals surface area (Å²) in [6.07, 6.45) is -3.93. The van der Waals surface area contributed by atoms with E-state index >= 15 is 0 Å². The fraction of sp³-hybridized carbons (Fsp3) is 0.667. The van der Waals surface area contributed by atoms with Gasteiger partial charge in [-0.3, -0.25) is 5.43 Å². The van der Waals surface area contributed by atoms with E-state index in [4.69, 9.17) is 4.74 Å². The topological polar surface area (TPSA) is 59.4 Å². The predicted octanol–water partition coefficient (Wildman–Crippen LogP) is 2.16. The summed E-state index contributed by atoms with van der Waals surface area (Å²) in [4.78, 5) is 15.0. The van der Waals surface area contributed by atoms with Crippen molar-refractivity contribution < 1.29 is 22.7 Å². The highest BCUT2D eigenvalue weighted by atomic mass is 19.4. The zero-order valence-corrected chi connectivity index (χ0v) is 12.0. The smallest absolute Gasteiger partial charge is 0.443 e. The average Bonchev–Trinajstić information content (AvgIpc) is 2.68. The number of imidazole rings is 1. The summed E-state index contributed by atoms with van der Waals surface area (Å²) < 4.78 is 44.4. The molecule has 0 atom stereocenters. The third-order valence-electron chi connectivity index (χ3n) is 2.79. The lowest BCUT2D eigenvalue weighted by Gasteiger charge is -2.30. The number of hydrogen-bond donors (Lipinski definition) is 1. The summed E-state index contributed by atoms with van der Waals surface area (Å²) in [6, 6.07) is 0. The molecular weight excluding hydrogens is 289 g/mol. The minimum atomic E-state index is -4.47. The standard InChI is InChI=1S/C12H17F3N4O2/c1-11(2,3)21-10(20)17-18-4-5-19-8(7-18)6-16-9(19)12(13,14)15/h6H,4-5,7H2,1-3H3,(H,17,20). The van der Waals surface area contributed by atoms with Crippen LogP contribution in [0.3, 0.4) is 0 Å². The van der Waals surface area contributed by atoms with E-state index in [0.717, 1.165) is 4.57 Å². The maximum atomic E-state index is 12.7. The maximum absolute atomic E-state index is 12.7. The first-order valence-corrected chi connectivity index (χ1v) is 6.42. The van der Waals surface area contributed by atoms with Gasteiger partial charge in [0.05, 0.1) is 18.4 Å².